The van der Waals surface area contributed by atoms with Gasteiger partial charge in [0.05, 0.1) is 5.92 Å². The highest BCUT2D eigenvalue weighted by molar-refractivity contribution is 6.19. The first-order chi connectivity index (χ1) is 14.0. The molecule has 0 aromatic heterocycles. The summed E-state index contributed by atoms with van der Waals surface area (Å²) in [7, 11) is 0. The van der Waals surface area contributed by atoms with E-state index in [0.29, 0.717) is 0 Å². The Labute approximate surface area is 175 Å². The Morgan fingerprint density at radius 1 is 1.13 bits per heavy atom. The van der Waals surface area contributed by atoms with Crippen LogP contribution in [-0.2, 0) is 30.6 Å². The van der Waals surface area contributed by atoms with Gasteiger partial charge in [0, 0.05) is 5.92 Å². The molecule has 1 aliphatic heterocycles. The maximum atomic E-state index is 13.6. The van der Waals surface area contributed by atoms with Crippen molar-refractivity contribution < 1.29 is 29.1 Å². The number of nitrogens with zero attached hydrogens (tertiary/aromatic N) is 1. The third-order valence-corrected chi connectivity index (χ3v) is 6.37. The van der Waals surface area contributed by atoms with Gasteiger partial charge in [-0.05, 0) is 23.8 Å². The molecule has 0 bridgehead atoms. The van der Waals surface area contributed by atoms with Gasteiger partial charge in [0.25, 0.3) is 11.8 Å². The molecule has 30 heavy (non-hydrogen) atoms. The van der Waals surface area contributed by atoms with E-state index < -0.39 is 58.3 Å². The number of piperidine rings is 1. The van der Waals surface area contributed by atoms with Gasteiger partial charge in [-0.1, -0.05) is 58.0 Å². The first-order valence-corrected chi connectivity index (χ1v) is 10.1. The van der Waals surface area contributed by atoms with Gasteiger partial charge in [0.15, 0.2) is 5.78 Å². The van der Waals surface area contributed by atoms with Crippen molar-refractivity contribution in [3.63, 3.8) is 0 Å². The average Bonchev–Trinajstić information content (AvgIpc) is 3.26. The molecule has 162 valence electrons. The van der Waals surface area contributed by atoms with Crippen molar-refractivity contribution in [1.82, 2.24) is 10.4 Å². The fourth-order valence-corrected chi connectivity index (χ4v) is 4.46. The summed E-state index contributed by atoms with van der Waals surface area (Å²) in [5.41, 5.74) is -1.76. The third kappa shape index (κ3) is 3.19. The number of carbonyl (C=O) groups excluding carboxylic acids is 3. The van der Waals surface area contributed by atoms with Gasteiger partial charge in [0.2, 0.25) is 5.54 Å². The standard InChI is InChI=1S/C22H28N2O6/c1-12(2)22(20(29)23-13(3)19(27)28)17(25)15-16(21(15,4)5)18(26)24(22)30-11-14-9-7-6-8-10-14/h6-10,12-13,15-16H,11H2,1-5H3,(H,23,29)(H,27,28)/t13-,15?,16?,22+/m0/s1. The Morgan fingerprint density at radius 3 is 2.27 bits per heavy atom. The van der Waals surface area contributed by atoms with E-state index >= 15 is 0 Å². The van der Waals surface area contributed by atoms with Crippen LogP contribution in [0.2, 0.25) is 0 Å². The van der Waals surface area contributed by atoms with Crippen LogP contribution in [0.1, 0.15) is 40.2 Å². The van der Waals surface area contributed by atoms with Gasteiger partial charge in [-0.3, -0.25) is 24.0 Å². The smallest absolute Gasteiger partial charge is 0.325 e. The van der Waals surface area contributed by atoms with Crippen LogP contribution in [0.5, 0.6) is 0 Å². The normalized spacial score (nSPS) is 28.1. The number of nitrogens with one attached hydrogen (secondary N) is 1. The first-order valence-electron chi connectivity index (χ1n) is 10.1. The highest BCUT2D eigenvalue weighted by Crippen LogP contribution is 2.64. The number of carbonyl (C=O) groups is 4. The number of Topliss-reactive ketones (excluding diaryl/α,β-unsaturated/α-hetero) is 1. The Bertz CT molecular complexity index is 881. The molecular weight excluding hydrogens is 388 g/mol. The number of carboxylic acids is 1. The topological polar surface area (TPSA) is 113 Å². The Hall–Kier alpha value is -2.74. The number of aliphatic carboxylic acids is 1. The summed E-state index contributed by atoms with van der Waals surface area (Å²) < 4.78 is 0. The summed E-state index contributed by atoms with van der Waals surface area (Å²) in [6.07, 6.45) is 0. The maximum Gasteiger partial charge on any atom is 0.325 e. The monoisotopic (exact) mass is 416 g/mol. The lowest BCUT2D eigenvalue weighted by atomic mass is 9.76. The minimum atomic E-state index is -1.94. The molecule has 1 saturated heterocycles. The molecule has 1 saturated carbocycles. The minimum Gasteiger partial charge on any atom is -0.480 e. The number of rotatable bonds is 7. The molecule has 1 aromatic carbocycles. The van der Waals surface area contributed by atoms with Crippen molar-refractivity contribution in [1.29, 1.82) is 0 Å². The zero-order chi connectivity index (χ0) is 22.4. The largest absolute Gasteiger partial charge is 0.480 e. The molecule has 1 aliphatic carbocycles. The molecule has 3 rings (SSSR count). The fourth-order valence-electron chi connectivity index (χ4n) is 4.46. The van der Waals surface area contributed by atoms with Crippen molar-refractivity contribution in [2.75, 3.05) is 0 Å². The summed E-state index contributed by atoms with van der Waals surface area (Å²) >= 11 is 0. The number of hydroxylamine groups is 2. The van der Waals surface area contributed by atoms with Crippen LogP contribution in [-0.4, -0.2) is 45.3 Å². The highest BCUT2D eigenvalue weighted by atomic mass is 16.7. The van der Waals surface area contributed by atoms with Crippen LogP contribution in [0.25, 0.3) is 0 Å². The van der Waals surface area contributed by atoms with Crippen molar-refractivity contribution in [3.05, 3.63) is 35.9 Å². The molecular formula is C22H28N2O6. The lowest BCUT2D eigenvalue weighted by Crippen LogP contribution is -2.71. The Morgan fingerprint density at radius 2 is 1.73 bits per heavy atom. The van der Waals surface area contributed by atoms with E-state index in [1.54, 1.807) is 13.8 Å². The third-order valence-electron chi connectivity index (χ3n) is 6.37. The van der Waals surface area contributed by atoms with Crippen molar-refractivity contribution >= 4 is 23.6 Å². The minimum absolute atomic E-state index is 0.00604. The second-order valence-electron chi connectivity index (χ2n) is 8.99. The second kappa shape index (κ2) is 7.50. The SMILES string of the molecule is CC(C)[C@]1(C(=O)N[C@@H](C)C(=O)O)C(=O)C2C(C(=O)N1OCc1ccccc1)C2(C)C. The van der Waals surface area contributed by atoms with E-state index in [1.807, 2.05) is 44.2 Å². The van der Waals surface area contributed by atoms with Crippen molar-refractivity contribution in [3.8, 4) is 0 Å². The number of carboxylic acid groups (broad SMARTS) is 1. The lowest BCUT2D eigenvalue weighted by Gasteiger charge is -2.45. The predicted molar refractivity (Wildman–Crippen MR) is 107 cm³/mol. The van der Waals surface area contributed by atoms with Gasteiger partial charge in [-0.25, -0.2) is 0 Å². The van der Waals surface area contributed by atoms with Crippen LogP contribution in [0.4, 0.5) is 0 Å². The molecule has 8 heteroatoms. The second-order valence-corrected chi connectivity index (χ2v) is 8.99. The zero-order valence-electron chi connectivity index (χ0n) is 17.8. The van der Waals surface area contributed by atoms with Crippen LogP contribution in [0.15, 0.2) is 30.3 Å². The van der Waals surface area contributed by atoms with Gasteiger partial charge < -0.3 is 10.4 Å². The van der Waals surface area contributed by atoms with Gasteiger partial charge in [0.1, 0.15) is 12.6 Å². The number of hydrogen-bond acceptors (Lipinski definition) is 5. The van der Waals surface area contributed by atoms with Crippen molar-refractivity contribution in [2.45, 2.75) is 52.8 Å². The summed E-state index contributed by atoms with van der Waals surface area (Å²) in [4.78, 5) is 57.5. The Kier molecular flexibility index (Phi) is 5.49. The van der Waals surface area contributed by atoms with Crippen molar-refractivity contribution in [2.24, 2.45) is 23.2 Å². The Balaban J connectivity index is 2.03. The molecule has 8 nitrogen and oxygen atoms in total. The fraction of sp³-hybridized carbons (Fsp3) is 0.545. The molecule has 1 heterocycles. The molecule has 2 amide bonds. The highest BCUT2D eigenvalue weighted by Gasteiger charge is 2.77. The van der Waals surface area contributed by atoms with Gasteiger partial charge in [-0.15, -0.1) is 0 Å². The van der Waals surface area contributed by atoms with Crippen LogP contribution < -0.4 is 5.32 Å². The van der Waals surface area contributed by atoms with E-state index in [9.17, 15) is 24.3 Å². The summed E-state index contributed by atoms with van der Waals surface area (Å²) in [5.74, 6) is -4.70. The number of benzene rings is 1. The number of hydrogen-bond donors (Lipinski definition) is 2. The lowest BCUT2D eigenvalue weighted by molar-refractivity contribution is -0.239. The first kappa shape index (κ1) is 22.0. The number of ketones is 1. The van der Waals surface area contributed by atoms with E-state index in [-0.39, 0.29) is 6.61 Å². The molecule has 4 atom stereocenters. The van der Waals surface area contributed by atoms with Crippen LogP contribution >= 0.6 is 0 Å². The molecule has 2 aliphatic rings. The molecule has 1 aromatic rings. The summed E-state index contributed by atoms with van der Waals surface area (Å²) in [5, 5.41) is 12.5. The van der Waals surface area contributed by atoms with Gasteiger partial charge >= 0.3 is 5.97 Å². The molecule has 0 radical (unpaired) electrons. The van der Waals surface area contributed by atoms with E-state index in [2.05, 4.69) is 5.32 Å². The van der Waals surface area contributed by atoms with Crippen LogP contribution in [0.3, 0.4) is 0 Å². The van der Waals surface area contributed by atoms with E-state index in [1.165, 1.54) is 6.92 Å². The summed E-state index contributed by atoms with van der Waals surface area (Å²) in [6, 6.07) is 7.87. The number of fused-ring (bicyclic) bond motifs is 1. The molecule has 0 spiro atoms. The van der Waals surface area contributed by atoms with Crippen LogP contribution in [0, 0.1) is 23.2 Å². The molecule has 2 fully saturated rings. The maximum absolute atomic E-state index is 13.6. The predicted octanol–water partition coefficient (Wildman–Crippen LogP) is 1.79. The summed E-state index contributed by atoms with van der Waals surface area (Å²) in [6.45, 7) is 8.26. The average molecular weight is 416 g/mol. The van der Waals surface area contributed by atoms with Gasteiger partial charge in [-0.2, -0.15) is 5.06 Å². The van der Waals surface area contributed by atoms with E-state index in [4.69, 9.17) is 4.84 Å². The van der Waals surface area contributed by atoms with E-state index in [0.717, 1.165) is 10.6 Å². The quantitative estimate of drug-likeness (QED) is 0.655. The molecule has 2 N–H and O–H groups in total. The zero-order valence-corrected chi connectivity index (χ0v) is 17.8. The number of amides is 2. The molecule has 2 unspecified atom stereocenters.